The highest BCUT2D eigenvalue weighted by molar-refractivity contribution is 7.95. The summed E-state index contributed by atoms with van der Waals surface area (Å²) in [5.74, 6) is -2.15. The summed E-state index contributed by atoms with van der Waals surface area (Å²) in [4.78, 5) is 3.70. The molecule has 0 aliphatic heterocycles. The average molecular weight is 281 g/mol. The second kappa shape index (κ2) is 5.79. The van der Waals surface area contributed by atoms with Crippen LogP contribution in [0.2, 0.25) is 0 Å². The quantitative estimate of drug-likeness (QED) is 0.797. The molecule has 17 heavy (non-hydrogen) atoms. The highest BCUT2D eigenvalue weighted by atomic mass is 32.2. The Labute approximate surface area is 99.6 Å². The van der Waals surface area contributed by atoms with E-state index in [1.54, 1.807) is 0 Å². The van der Waals surface area contributed by atoms with E-state index in [1.807, 2.05) is 0 Å². The lowest BCUT2D eigenvalue weighted by molar-refractivity contribution is 0.373. The molecule has 0 bridgehead atoms. The molecule has 0 aromatic carbocycles. The molecule has 1 heterocycles. The smallest absolute Gasteiger partial charge is 0.241 e. The third kappa shape index (κ3) is 3.54. The third-order valence-corrected chi connectivity index (χ3v) is 5.09. The van der Waals surface area contributed by atoms with E-state index in [9.17, 15) is 17.4 Å². The molecule has 0 aliphatic rings. The van der Waals surface area contributed by atoms with Crippen LogP contribution < -0.4 is 0 Å². The van der Waals surface area contributed by atoms with Crippen LogP contribution in [-0.4, -0.2) is 14.9 Å². The number of allylic oxidation sites excluding steroid dienone is 1. The minimum absolute atomic E-state index is 0.0334. The van der Waals surface area contributed by atoms with Gasteiger partial charge in [-0.3, -0.25) is 0 Å². The Morgan fingerprint density at radius 3 is 2.76 bits per heavy atom. The van der Waals surface area contributed by atoms with Crippen LogP contribution >= 0.6 is 11.3 Å². The number of hydrogen-bond acceptors (Lipinski definition) is 5. The van der Waals surface area contributed by atoms with Crippen molar-refractivity contribution < 1.29 is 17.4 Å². The van der Waals surface area contributed by atoms with Gasteiger partial charge in [-0.25, -0.2) is 13.6 Å². The lowest BCUT2D eigenvalue weighted by Crippen LogP contribution is -2.06. The highest BCUT2D eigenvalue weighted by Gasteiger charge is 2.18. The summed E-state index contributed by atoms with van der Waals surface area (Å²) in [5, 5.41) is 9.91. The summed E-state index contributed by atoms with van der Waals surface area (Å²) in [5.41, 5.74) is 0. The number of nitriles is 1. The van der Waals surface area contributed by atoms with Gasteiger partial charge in [0.1, 0.15) is 9.73 Å². The summed E-state index contributed by atoms with van der Waals surface area (Å²) < 4.78 is 51.6. The summed E-state index contributed by atoms with van der Waals surface area (Å²) in [6.07, 6.45) is -0.518. The van der Waals surface area contributed by atoms with Crippen LogP contribution in [0.4, 0.5) is 13.2 Å². The molecule has 9 heteroatoms. The first-order valence-corrected chi connectivity index (χ1v) is 6.78. The molecule has 92 valence electrons. The normalized spacial score (nSPS) is 13.5. The first kappa shape index (κ1) is 13.7. The second-order valence-electron chi connectivity index (χ2n) is 2.75. The molecule has 0 radical (unpaired) electrons. The Morgan fingerprint density at radius 2 is 2.29 bits per heavy atom. The molecule has 0 fully saturated rings. The SMILES string of the molecule is N#CN=S(=O)(CCC(F)=C(F)F)c1nccs1. The van der Waals surface area contributed by atoms with E-state index < -0.39 is 33.8 Å². The lowest BCUT2D eigenvalue weighted by atomic mass is 10.4. The van der Waals surface area contributed by atoms with Crippen LogP contribution in [0.5, 0.6) is 0 Å². The predicted molar refractivity (Wildman–Crippen MR) is 56.4 cm³/mol. The molecule has 1 aromatic heterocycles. The molecular formula is C8H6F3N3OS2. The van der Waals surface area contributed by atoms with Gasteiger partial charge in [-0.1, -0.05) is 0 Å². The molecule has 0 saturated carbocycles. The molecule has 0 amide bonds. The topological polar surface area (TPSA) is 66.1 Å². The number of hydrogen-bond donors (Lipinski definition) is 0. The zero-order valence-electron chi connectivity index (χ0n) is 8.27. The minimum Gasteiger partial charge on any atom is -0.241 e. The zero-order chi connectivity index (χ0) is 12.9. The number of thiazole rings is 1. The molecule has 0 spiro atoms. The monoisotopic (exact) mass is 281 g/mol. The van der Waals surface area contributed by atoms with Crippen molar-refractivity contribution in [2.75, 3.05) is 5.75 Å². The van der Waals surface area contributed by atoms with E-state index in [4.69, 9.17) is 5.26 Å². The van der Waals surface area contributed by atoms with Crippen molar-refractivity contribution in [3.63, 3.8) is 0 Å². The van der Waals surface area contributed by atoms with Crippen LogP contribution in [0.1, 0.15) is 6.42 Å². The van der Waals surface area contributed by atoms with E-state index in [-0.39, 0.29) is 4.34 Å². The summed E-state index contributed by atoms with van der Waals surface area (Å²) in [6.45, 7) is 0. The number of halogens is 3. The molecule has 0 N–H and O–H groups in total. The first-order chi connectivity index (χ1) is 7.99. The summed E-state index contributed by atoms with van der Waals surface area (Å²) in [7, 11) is -3.24. The Bertz CT molecular complexity index is 563. The van der Waals surface area contributed by atoms with Gasteiger partial charge in [0.05, 0.1) is 0 Å². The van der Waals surface area contributed by atoms with E-state index in [1.165, 1.54) is 17.8 Å². The molecule has 4 nitrogen and oxygen atoms in total. The van der Waals surface area contributed by atoms with Crippen LogP contribution in [0.3, 0.4) is 0 Å². The Balaban J connectivity index is 2.99. The summed E-state index contributed by atoms with van der Waals surface area (Å²) >= 11 is 0.972. The Hall–Kier alpha value is -1.40. The Morgan fingerprint density at radius 1 is 1.59 bits per heavy atom. The number of rotatable bonds is 4. The van der Waals surface area contributed by atoms with Gasteiger partial charge in [-0.15, -0.1) is 15.7 Å². The molecule has 1 rings (SSSR count). The van der Waals surface area contributed by atoms with Crippen molar-refractivity contribution in [1.29, 1.82) is 5.26 Å². The van der Waals surface area contributed by atoms with Gasteiger partial charge in [0.2, 0.25) is 6.19 Å². The Kier molecular flexibility index (Phi) is 4.65. The number of nitrogens with zero attached hydrogens (tertiary/aromatic N) is 3. The molecule has 0 saturated heterocycles. The maximum atomic E-state index is 12.6. The van der Waals surface area contributed by atoms with Gasteiger partial charge in [0.25, 0.3) is 0 Å². The van der Waals surface area contributed by atoms with Gasteiger partial charge in [-0.05, 0) is 0 Å². The standard InChI is InChI=1S/C8H6F3N3OS2/c9-6(7(10)11)1-4-17(15,14-5-12)8-13-2-3-16-8/h2-3H,1,4H2. The summed E-state index contributed by atoms with van der Waals surface area (Å²) in [6, 6.07) is 0. The lowest BCUT2D eigenvalue weighted by Gasteiger charge is -2.02. The van der Waals surface area contributed by atoms with Crippen molar-refractivity contribution in [1.82, 2.24) is 4.98 Å². The molecule has 1 aromatic rings. The molecule has 1 atom stereocenters. The largest absolute Gasteiger partial charge is 0.301 e. The zero-order valence-corrected chi connectivity index (χ0v) is 9.90. The minimum atomic E-state index is -3.24. The average Bonchev–Trinajstić information content (AvgIpc) is 2.80. The van der Waals surface area contributed by atoms with Crippen molar-refractivity contribution in [3.8, 4) is 6.19 Å². The fourth-order valence-electron chi connectivity index (χ4n) is 0.928. The van der Waals surface area contributed by atoms with Crippen molar-refractivity contribution in [2.24, 2.45) is 4.36 Å². The third-order valence-electron chi connectivity index (χ3n) is 1.67. The van der Waals surface area contributed by atoms with Gasteiger partial charge in [0, 0.05) is 23.8 Å². The van der Waals surface area contributed by atoms with Crippen molar-refractivity contribution >= 4 is 21.1 Å². The molecular weight excluding hydrogens is 275 g/mol. The highest BCUT2D eigenvalue weighted by Crippen LogP contribution is 2.21. The number of aromatic nitrogens is 1. The fourth-order valence-corrected chi connectivity index (χ4v) is 3.58. The van der Waals surface area contributed by atoms with Gasteiger partial charge in [-0.2, -0.15) is 14.0 Å². The van der Waals surface area contributed by atoms with Gasteiger partial charge in [0.15, 0.2) is 10.2 Å². The van der Waals surface area contributed by atoms with Crippen LogP contribution in [0.15, 0.2) is 32.2 Å². The second-order valence-corrected chi connectivity index (χ2v) is 6.16. The van der Waals surface area contributed by atoms with E-state index in [0.717, 1.165) is 11.3 Å². The first-order valence-electron chi connectivity index (χ1n) is 4.21. The van der Waals surface area contributed by atoms with Gasteiger partial charge >= 0.3 is 6.08 Å². The van der Waals surface area contributed by atoms with Crippen molar-refractivity contribution in [2.45, 2.75) is 10.8 Å². The van der Waals surface area contributed by atoms with Crippen molar-refractivity contribution in [3.05, 3.63) is 23.5 Å². The van der Waals surface area contributed by atoms with Crippen LogP contribution in [0, 0.1) is 11.5 Å². The van der Waals surface area contributed by atoms with Gasteiger partial charge < -0.3 is 0 Å². The van der Waals surface area contributed by atoms with Crippen LogP contribution in [-0.2, 0) is 9.73 Å². The molecule has 1 unspecified atom stereocenters. The maximum absolute atomic E-state index is 12.6. The van der Waals surface area contributed by atoms with Crippen LogP contribution in [0.25, 0.3) is 0 Å². The van der Waals surface area contributed by atoms with E-state index in [0.29, 0.717) is 0 Å². The van der Waals surface area contributed by atoms with E-state index >= 15 is 0 Å². The predicted octanol–water partition coefficient (Wildman–Crippen LogP) is 2.92. The fraction of sp³-hybridized carbons (Fsp3) is 0.250. The molecule has 0 aliphatic carbocycles. The maximum Gasteiger partial charge on any atom is 0.301 e. The van der Waals surface area contributed by atoms with E-state index in [2.05, 4.69) is 9.35 Å².